The lowest BCUT2D eigenvalue weighted by Gasteiger charge is -2.11. The average Bonchev–Trinajstić information content (AvgIpc) is 2.74. The maximum absolute atomic E-state index is 9.64. The average molecular weight is 236 g/mol. The summed E-state index contributed by atoms with van der Waals surface area (Å²) in [6.45, 7) is 2.46. The monoisotopic (exact) mass is 236 g/mol. The standard InChI is InChI=1S/C10H16N6O/c1-2-3-6(17)4-12-8-7-9(14-5-13-7)16-10(11)15-8/h5-6,17H,2-4H2,1H3,(H4,11,12,13,14,15,16). The lowest BCUT2D eigenvalue weighted by molar-refractivity contribution is 0.176. The van der Waals surface area contributed by atoms with E-state index in [4.69, 9.17) is 5.73 Å². The van der Waals surface area contributed by atoms with Crippen molar-refractivity contribution in [2.24, 2.45) is 0 Å². The minimum atomic E-state index is -0.394. The van der Waals surface area contributed by atoms with Crippen LogP contribution in [0.3, 0.4) is 0 Å². The molecule has 0 aliphatic rings. The van der Waals surface area contributed by atoms with Crippen molar-refractivity contribution in [2.75, 3.05) is 17.6 Å². The highest BCUT2D eigenvalue weighted by Gasteiger charge is 2.09. The van der Waals surface area contributed by atoms with Gasteiger partial charge in [-0.05, 0) is 6.42 Å². The molecule has 17 heavy (non-hydrogen) atoms. The van der Waals surface area contributed by atoms with Crippen LogP contribution in [-0.2, 0) is 0 Å². The van der Waals surface area contributed by atoms with Crippen LogP contribution < -0.4 is 11.1 Å². The topological polar surface area (TPSA) is 113 Å². The number of nitrogens with one attached hydrogen (secondary N) is 2. The Bertz CT molecular complexity index is 497. The van der Waals surface area contributed by atoms with E-state index in [1.807, 2.05) is 6.92 Å². The van der Waals surface area contributed by atoms with Gasteiger partial charge in [-0.15, -0.1) is 0 Å². The number of rotatable bonds is 5. The van der Waals surface area contributed by atoms with E-state index in [0.29, 0.717) is 23.5 Å². The number of fused-ring (bicyclic) bond motifs is 1. The number of imidazole rings is 1. The van der Waals surface area contributed by atoms with Gasteiger partial charge in [-0.1, -0.05) is 13.3 Å². The largest absolute Gasteiger partial charge is 0.391 e. The van der Waals surface area contributed by atoms with Gasteiger partial charge in [0.1, 0.15) is 5.52 Å². The number of aliphatic hydroxyl groups excluding tert-OH is 1. The molecule has 2 aromatic heterocycles. The number of aromatic amines is 1. The Hall–Kier alpha value is -1.89. The van der Waals surface area contributed by atoms with Crippen LogP contribution in [0.25, 0.3) is 11.2 Å². The first-order valence-electron chi connectivity index (χ1n) is 5.59. The predicted octanol–water partition coefficient (Wildman–Crippen LogP) is 0.508. The molecule has 0 bridgehead atoms. The summed E-state index contributed by atoms with van der Waals surface area (Å²) < 4.78 is 0. The SMILES string of the molecule is CCCC(O)CNc1nc(N)nc2nc[nH]c12. The van der Waals surface area contributed by atoms with Crippen molar-refractivity contribution in [3.05, 3.63) is 6.33 Å². The van der Waals surface area contributed by atoms with E-state index in [9.17, 15) is 5.11 Å². The van der Waals surface area contributed by atoms with Crippen molar-refractivity contribution in [3.8, 4) is 0 Å². The number of nitrogens with two attached hydrogens (primary N) is 1. The lowest BCUT2D eigenvalue weighted by atomic mass is 10.2. The van der Waals surface area contributed by atoms with E-state index < -0.39 is 6.10 Å². The minimum absolute atomic E-state index is 0.164. The van der Waals surface area contributed by atoms with Gasteiger partial charge in [0.15, 0.2) is 11.5 Å². The van der Waals surface area contributed by atoms with E-state index in [2.05, 4.69) is 25.3 Å². The Labute approximate surface area is 98.5 Å². The van der Waals surface area contributed by atoms with Gasteiger partial charge in [-0.2, -0.15) is 9.97 Å². The van der Waals surface area contributed by atoms with Gasteiger partial charge in [-0.3, -0.25) is 0 Å². The molecule has 0 saturated carbocycles. The fourth-order valence-electron chi connectivity index (χ4n) is 1.63. The van der Waals surface area contributed by atoms with Crippen LogP contribution in [0.1, 0.15) is 19.8 Å². The molecular weight excluding hydrogens is 220 g/mol. The Balaban J connectivity index is 2.14. The number of anilines is 2. The highest BCUT2D eigenvalue weighted by Crippen LogP contribution is 2.17. The van der Waals surface area contributed by atoms with Crippen LogP contribution >= 0.6 is 0 Å². The predicted molar refractivity (Wildman–Crippen MR) is 65.5 cm³/mol. The molecule has 0 aliphatic carbocycles. The van der Waals surface area contributed by atoms with Gasteiger partial charge in [0.2, 0.25) is 5.95 Å². The Morgan fingerprint density at radius 1 is 1.53 bits per heavy atom. The number of aromatic nitrogens is 4. The van der Waals surface area contributed by atoms with Crippen LogP contribution in [-0.4, -0.2) is 37.7 Å². The van der Waals surface area contributed by atoms with Crippen LogP contribution in [0.4, 0.5) is 11.8 Å². The van der Waals surface area contributed by atoms with E-state index in [1.54, 1.807) is 0 Å². The van der Waals surface area contributed by atoms with Gasteiger partial charge >= 0.3 is 0 Å². The lowest BCUT2D eigenvalue weighted by Crippen LogP contribution is -2.20. The first-order chi connectivity index (χ1) is 8.20. The van der Waals surface area contributed by atoms with Crippen molar-refractivity contribution in [1.82, 2.24) is 19.9 Å². The van der Waals surface area contributed by atoms with Crippen molar-refractivity contribution < 1.29 is 5.11 Å². The molecule has 0 fully saturated rings. The summed E-state index contributed by atoms with van der Waals surface area (Å²) in [4.78, 5) is 15.0. The van der Waals surface area contributed by atoms with Crippen LogP contribution in [0, 0.1) is 0 Å². The van der Waals surface area contributed by atoms with Gasteiger partial charge in [0, 0.05) is 6.54 Å². The van der Waals surface area contributed by atoms with Crippen LogP contribution in [0.2, 0.25) is 0 Å². The van der Waals surface area contributed by atoms with Crippen molar-refractivity contribution in [2.45, 2.75) is 25.9 Å². The molecule has 1 atom stereocenters. The van der Waals surface area contributed by atoms with Crippen molar-refractivity contribution in [3.63, 3.8) is 0 Å². The summed E-state index contributed by atoms with van der Waals surface area (Å²) in [5, 5.41) is 12.7. The van der Waals surface area contributed by atoms with Gasteiger partial charge < -0.3 is 21.1 Å². The van der Waals surface area contributed by atoms with E-state index in [1.165, 1.54) is 6.33 Å². The molecule has 0 spiro atoms. The van der Waals surface area contributed by atoms with E-state index >= 15 is 0 Å². The van der Waals surface area contributed by atoms with Crippen molar-refractivity contribution >= 4 is 22.9 Å². The third-order valence-corrected chi connectivity index (χ3v) is 2.43. The normalized spacial score (nSPS) is 12.8. The molecule has 0 aromatic carbocycles. The smallest absolute Gasteiger partial charge is 0.224 e. The Morgan fingerprint density at radius 2 is 2.35 bits per heavy atom. The summed E-state index contributed by atoms with van der Waals surface area (Å²) in [6, 6.07) is 0. The third kappa shape index (κ3) is 2.62. The van der Waals surface area contributed by atoms with E-state index in [0.717, 1.165) is 12.8 Å². The van der Waals surface area contributed by atoms with Gasteiger partial charge in [0.05, 0.1) is 12.4 Å². The molecule has 0 amide bonds. The summed E-state index contributed by atoms with van der Waals surface area (Å²) in [7, 11) is 0. The second-order valence-electron chi connectivity index (χ2n) is 3.85. The molecule has 7 heteroatoms. The van der Waals surface area contributed by atoms with Crippen molar-refractivity contribution in [1.29, 1.82) is 0 Å². The summed E-state index contributed by atoms with van der Waals surface area (Å²) >= 11 is 0. The number of hydrogen-bond acceptors (Lipinski definition) is 6. The number of nitrogen functional groups attached to an aromatic ring is 1. The number of H-pyrrole nitrogens is 1. The maximum atomic E-state index is 9.64. The fraction of sp³-hybridized carbons (Fsp3) is 0.500. The second kappa shape index (κ2) is 4.96. The molecule has 1 unspecified atom stereocenters. The zero-order valence-electron chi connectivity index (χ0n) is 9.64. The maximum Gasteiger partial charge on any atom is 0.224 e. The molecule has 0 saturated heterocycles. The summed E-state index contributed by atoms with van der Waals surface area (Å²) in [5.74, 6) is 0.734. The molecule has 7 nitrogen and oxygen atoms in total. The number of aliphatic hydroxyl groups is 1. The Kier molecular flexibility index (Phi) is 3.38. The molecule has 2 rings (SSSR count). The molecule has 5 N–H and O–H groups in total. The molecule has 0 radical (unpaired) electrons. The first kappa shape index (κ1) is 11.6. The summed E-state index contributed by atoms with van der Waals surface area (Å²) in [5.41, 5.74) is 6.79. The molecule has 92 valence electrons. The molecule has 0 aliphatic heterocycles. The highest BCUT2D eigenvalue weighted by atomic mass is 16.3. The number of nitrogens with zero attached hydrogens (tertiary/aromatic N) is 3. The first-order valence-corrected chi connectivity index (χ1v) is 5.59. The summed E-state index contributed by atoms with van der Waals surface area (Å²) in [6.07, 6.45) is 2.83. The fourth-order valence-corrected chi connectivity index (χ4v) is 1.63. The minimum Gasteiger partial charge on any atom is -0.391 e. The Morgan fingerprint density at radius 3 is 3.12 bits per heavy atom. The number of hydrogen-bond donors (Lipinski definition) is 4. The van der Waals surface area contributed by atoms with Gasteiger partial charge in [-0.25, -0.2) is 4.98 Å². The zero-order valence-corrected chi connectivity index (χ0v) is 9.64. The second-order valence-corrected chi connectivity index (χ2v) is 3.85. The molecular formula is C10H16N6O. The van der Waals surface area contributed by atoms with E-state index in [-0.39, 0.29) is 5.95 Å². The molecule has 2 heterocycles. The van der Waals surface area contributed by atoms with Crippen LogP contribution in [0.15, 0.2) is 6.33 Å². The molecule has 2 aromatic rings. The zero-order chi connectivity index (χ0) is 12.3. The quantitative estimate of drug-likeness (QED) is 0.601. The van der Waals surface area contributed by atoms with Gasteiger partial charge in [0.25, 0.3) is 0 Å². The highest BCUT2D eigenvalue weighted by molar-refractivity contribution is 5.83. The van der Waals surface area contributed by atoms with Crippen LogP contribution in [0.5, 0.6) is 0 Å². The third-order valence-electron chi connectivity index (χ3n) is 2.43.